The molecule has 9 nitrogen and oxygen atoms in total. The number of para-hydroxylation sites is 1. The van der Waals surface area contributed by atoms with Gasteiger partial charge in [-0.3, -0.25) is 0 Å². The van der Waals surface area contributed by atoms with Crippen LogP contribution >= 0.6 is 0 Å². The maximum atomic E-state index is 12.2. The van der Waals surface area contributed by atoms with Crippen molar-refractivity contribution in [2.75, 3.05) is 32.1 Å². The van der Waals surface area contributed by atoms with Gasteiger partial charge in [0, 0.05) is 19.1 Å². The molecule has 0 spiro atoms. The van der Waals surface area contributed by atoms with Crippen LogP contribution in [0.4, 0.5) is 10.8 Å². The molecule has 0 saturated carbocycles. The summed E-state index contributed by atoms with van der Waals surface area (Å²) in [5, 5.41) is 3.28. The third-order valence-corrected chi connectivity index (χ3v) is 4.43. The minimum absolute atomic E-state index is 0.126. The van der Waals surface area contributed by atoms with Crippen LogP contribution in [0.2, 0.25) is 0 Å². The number of carbonyl (C=O) groups is 2. The molecule has 1 amide bonds. The number of ether oxygens (including phenoxy) is 3. The van der Waals surface area contributed by atoms with Gasteiger partial charge in [-0.15, -0.1) is 0 Å². The Morgan fingerprint density at radius 1 is 1.28 bits per heavy atom. The summed E-state index contributed by atoms with van der Waals surface area (Å²) in [6.07, 6.45) is 1.22. The average molecular weight is 405 g/mol. The smallest absolute Gasteiger partial charge is 0.410 e. The number of nitrogens with one attached hydrogen (secondary N) is 1. The molecule has 29 heavy (non-hydrogen) atoms. The Hall–Kier alpha value is -2.97. The standard InChI is InChI=1S/C20H27N3O6/c1-20(2,3)29-19(25)23-10-8-13(9-11-23)21-18-22-14-6-5-7-15(17(14)28-18)27-12-16(24)26-4/h5-7,13H,8-12H2,1-4H3,(H,21,22). The van der Waals surface area contributed by atoms with Gasteiger partial charge in [0.2, 0.25) is 0 Å². The first-order chi connectivity index (χ1) is 13.7. The first-order valence-electron chi connectivity index (χ1n) is 9.59. The monoisotopic (exact) mass is 405 g/mol. The van der Waals surface area contributed by atoms with Crippen LogP contribution in [-0.2, 0) is 14.3 Å². The van der Waals surface area contributed by atoms with E-state index in [1.54, 1.807) is 23.1 Å². The van der Waals surface area contributed by atoms with Crippen LogP contribution in [0.3, 0.4) is 0 Å². The zero-order valence-corrected chi connectivity index (χ0v) is 17.2. The molecule has 0 aliphatic carbocycles. The van der Waals surface area contributed by atoms with Crippen molar-refractivity contribution in [1.29, 1.82) is 0 Å². The van der Waals surface area contributed by atoms with E-state index in [4.69, 9.17) is 13.9 Å². The van der Waals surface area contributed by atoms with Crippen LogP contribution in [0.1, 0.15) is 33.6 Å². The molecule has 0 bridgehead atoms. The second-order valence-electron chi connectivity index (χ2n) is 7.87. The number of anilines is 1. The number of rotatable bonds is 5. The highest BCUT2D eigenvalue weighted by atomic mass is 16.6. The van der Waals surface area contributed by atoms with Crippen LogP contribution in [-0.4, -0.2) is 60.4 Å². The molecular weight excluding hydrogens is 378 g/mol. The highest BCUT2D eigenvalue weighted by Gasteiger charge is 2.27. The molecule has 3 rings (SSSR count). The van der Waals surface area contributed by atoms with Crippen LogP contribution in [0.15, 0.2) is 22.6 Å². The zero-order chi connectivity index (χ0) is 21.0. The van der Waals surface area contributed by atoms with Crippen molar-refractivity contribution in [3.05, 3.63) is 18.2 Å². The van der Waals surface area contributed by atoms with Gasteiger partial charge in [0.1, 0.15) is 11.1 Å². The summed E-state index contributed by atoms with van der Waals surface area (Å²) in [5.74, 6) is -0.0511. The largest absolute Gasteiger partial charge is 0.478 e. The van der Waals surface area contributed by atoms with Gasteiger partial charge in [-0.05, 0) is 45.7 Å². The first kappa shape index (κ1) is 20.8. The molecule has 1 aromatic carbocycles. The normalized spacial score (nSPS) is 15.2. The second kappa shape index (κ2) is 8.59. The summed E-state index contributed by atoms with van der Waals surface area (Å²) >= 11 is 0. The number of hydrogen-bond acceptors (Lipinski definition) is 8. The third-order valence-electron chi connectivity index (χ3n) is 4.43. The lowest BCUT2D eigenvalue weighted by atomic mass is 10.1. The Morgan fingerprint density at radius 2 is 2.00 bits per heavy atom. The maximum absolute atomic E-state index is 12.2. The van der Waals surface area contributed by atoms with E-state index in [-0.39, 0.29) is 18.7 Å². The molecule has 2 heterocycles. The molecule has 1 aromatic heterocycles. The number of fused-ring (bicyclic) bond motifs is 1. The zero-order valence-electron chi connectivity index (χ0n) is 17.2. The molecule has 1 aliphatic heterocycles. The molecule has 1 aliphatic rings. The molecule has 158 valence electrons. The van der Waals surface area contributed by atoms with Crippen molar-refractivity contribution in [2.45, 2.75) is 45.3 Å². The predicted molar refractivity (Wildman–Crippen MR) is 106 cm³/mol. The SMILES string of the molecule is COC(=O)COc1cccc2nc(NC3CCN(C(=O)OC(C)(C)C)CC3)oc12. The lowest BCUT2D eigenvalue weighted by Crippen LogP contribution is -2.44. The van der Waals surface area contributed by atoms with Crippen molar-refractivity contribution in [3.8, 4) is 5.75 Å². The number of amides is 1. The lowest BCUT2D eigenvalue weighted by molar-refractivity contribution is -0.142. The Kier molecular flexibility index (Phi) is 6.14. The number of methoxy groups -OCH3 is 1. The lowest BCUT2D eigenvalue weighted by Gasteiger charge is -2.33. The molecule has 2 aromatic rings. The number of oxazole rings is 1. The summed E-state index contributed by atoms with van der Waals surface area (Å²) in [4.78, 5) is 29.6. The van der Waals surface area contributed by atoms with E-state index < -0.39 is 11.6 Å². The van der Waals surface area contributed by atoms with E-state index in [1.165, 1.54) is 7.11 Å². The van der Waals surface area contributed by atoms with Crippen molar-refractivity contribution in [3.63, 3.8) is 0 Å². The number of piperidine rings is 1. The third kappa shape index (κ3) is 5.52. The molecule has 0 radical (unpaired) electrons. The molecule has 1 N–H and O–H groups in total. The van der Waals surface area contributed by atoms with Gasteiger partial charge in [-0.1, -0.05) is 6.07 Å². The number of nitrogens with zero attached hydrogens (tertiary/aromatic N) is 2. The second-order valence-corrected chi connectivity index (χ2v) is 7.87. The van der Waals surface area contributed by atoms with Gasteiger partial charge in [0.05, 0.1) is 7.11 Å². The quantitative estimate of drug-likeness (QED) is 0.757. The highest BCUT2D eigenvalue weighted by molar-refractivity contribution is 5.81. The van der Waals surface area contributed by atoms with E-state index in [2.05, 4.69) is 15.0 Å². The molecule has 9 heteroatoms. The molecule has 1 fully saturated rings. The summed E-state index contributed by atoms with van der Waals surface area (Å²) in [6, 6.07) is 5.80. The van der Waals surface area contributed by atoms with E-state index in [0.717, 1.165) is 12.8 Å². The summed E-state index contributed by atoms with van der Waals surface area (Å²) < 4.78 is 21.3. The molecule has 0 atom stereocenters. The molecular formula is C20H27N3O6. The minimum Gasteiger partial charge on any atom is -0.478 e. The van der Waals surface area contributed by atoms with E-state index >= 15 is 0 Å². The molecule has 0 unspecified atom stereocenters. The topological polar surface area (TPSA) is 103 Å². The predicted octanol–water partition coefficient (Wildman–Crippen LogP) is 3.19. The summed E-state index contributed by atoms with van der Waals surface area (Å²) in [5.41, 5.74) is 0.587. The average Bonchev–Trinajstić information content (AvgIpc) is 3.08. The summed E-state index contributed by atoms with van der Waals surface area (Å²) in [6.45, 7) is 6.56. The van der Waals surface area contributed by atoms with Gasteiger partial charge in [-0.2, -0.15) is 4.98 Å². The number of esters is 1. The van der Waals surface area contributed by atoms with E-state index in [9.17, 15) is 9.59 Å². The Balaban J connectivity index is 1.59. The van der Waals surface area contributed by atoms with Gasteiger partial charge in [0.15, 0.2) is 17.9 Å². The molecule has 1 saturated heterocycles. The van der Waals surface area contributed by atoms with Crippen LogP contribution in [0, 0.1) is 0 Å². The van der Waals surface area contributed by atoms with Gasteiger partial charge in [0.25, 0.3) is 6.01 Å². The van der Waals surface area contributed by atoms with Gasteiger partial charge < -0.3 is 28.8 Å². The van der Waals surface area contributed by atoms with Crippen molar-refractivity contribution >= 4 is 29.2 Å². The van der Waals surface area contributed by atoms with Crippen LogP contribution < -0.4 is 10.1 Å². The highest BCUT2D eigenvalue weighted by Crippen LogP contribution is 2.29. The van der Waals surface area contributed by atoms with Crippen LogP contribution in [0.25, 0.3) is 11.1 Å². The Morgan fingerprint density at radius 3 is 2.66 bits per heavy atom. The number of aromatic nitrogens is 1. The number of carbonyl (C=O) groups excluding carboxylic acids is 2. The number of benzene rings is 1. The fourth-order valence-corrected chi connectivity index (χ4v) is 3.00. The van der Waals surface area contributed by atoms with Gasteiger partial charge >= 0.3 is 12.1 Å². The van der Waals surface area contributed by atoms with Gasteiger partial charge in [-0.25, -0.2) is 9.59 Å². The van der Waals surface area contributed by atoms with E-state index in [1.807, 2.05) is 20.8 Å². The summed E-state index contributed by atoms with van der Waals surface area (Å²) in [7, 11) is 1.30. The van der Waals surface area contributed by atoms with Crippen molar-refractivity contribution < 1.29 is 28.2 Å². The van der Waals surface area contributed by atoms with E-state index in [0.29, 0.717) is 36.0 Å². The maximum Gasteiger partial charge on any atom is 0.410 e. The minimum atomic E-state index is -0.502. The number of likely N-dealkylation sites (tertiary alicyclic amines) is 1. The fourth-order valence-electron chi connectivity index (χ4n) is 3.00. The Labute approximate surface area is 169 Å². The fraction of sp³-hybridized carbons (Fsp3) is 0.550. The number of hydrogen-bond donors (Lipinski definition) is 1. The van der Waals surface area contributed by atoms with Crippen molar-refractivity contribution in [1.82, 2.24) is 9.88 Å². The Bertz CT molecular complexity index is 865. The first-order valence-corrected chi connectivity index (χ1v) is 9.59. The van der Waals surface area contributed by atoms with Crippen molar-refractivity contribution in [2.24, 2.45) is 0 Å². The van der Waals surface area contributed by atoms with Crippen LogP contribution in [0.5, 0.6) is 5.75 Å².